The van der Waals surface area contributed by atoms with Gasteiger partial charge in [0.15, 0.2) is 0 Å². The van der Waals surface area contributed by atoms with Gasteiger partial charge in [-0.1, -0.05) is 0 Å². The first kappa shape index (κ1) is 13.6. The number of rotatable bonds is 7. The lowest BCUT2D eigenvalue weighted by atomic mass is 10.2. The fourth-order valence-electron chi connectivity index (χ4n) is 1.24. The van der Waals surface area contributed by atoms with E-state index in [1.54, 1.807) is 24.3 Å². The van der Waals surface area contributed by atoms with E-state index >= 15 is 0 Å². The Bertz CT molecular complexity index is 442. The summed E-state index contributed by atoms with van der Waals surface area (Å²) in [5.41, 5.74) is 6.12. The summed E-state index contributed by atoms with van der Waals surface area (Å²) < 4.78 is 5.30. The van der Waals surface area contributed by atoms with Crippen LogP contribution in [0.1, 0.15) is 12.0 Å². The van der Waals surface area contributed by atoms with Gasteiger partial charge in [-0.15, -0.1) is 0 Å². The molecule has 0 spiro atoms. The van der Waals surface area contributed by atoms with Crippen molar-refractivity contribution < 1.29 is 14.5 Å². The highest BCUT2D eigenvalue weighted by atomic mass is 16.6. The summed E-state index contributed by atoms with van der Waals surface area (Å²) in [7, 11) is 0. The molecule has 0 aromatic heterocycles. The number of nitro groups is 1. The van der Waals surface area contributed by atoms with Gasteiger partial charge in [0.05, 0.1) is 6.61 Å². The van der Waals surface area contributed by atoms with Crippen LogP contribution in [-0.2, 0) is 4.79 Å². The molecule has 0 aliphatic heterocycles. The molecule has 0 atom stereocenters. The number of aliphatic imine (C=N–C) groups is 1. The van der Waals surface area contributed by atoms with Crippen molar-refractivity contribution in [3.05, 3.63) is 39.9 Å². The van der Waals surface area contributed by atoms with Crippen molar-refractivity contribution in [2.75, 3.05) is 13.2 Å². The second kappa shape index (κ2) is 7.00. The van der Waals surface area contributed by atoms with Crippen LogP contribution in [0.25, 0.3) is 0 Å². The second-order valence-corrected chi connectivity index (χ2v) is 3.40. The van der Waals surface area contributed by atoms with Crippen molar-refractivity contribution in [1.29, 1.82) is 0 Å². The molecule has 18 heavy (non-hydrogen) atoms. The monoisotopic (exact) mass is 251 g/mol. The van der Waals surface area contributed by atoms with E-state index in [4.69, 9.17) is 10.5 Å². The third-order valence-corrected chi connectivity index (χ3v) is 2.10. The van der Waals surface area contributed by atoms with Gasteiger partial charge in [-0.3, -0.25) is 14.9 Å². The van der Waals surface area contributed by atoms with Crippen molar-refractivity contribution in [3.8, 4) is 5.75 Å². The largest absolute Gasteiger partial charge is 0.493 e. The van der Waals surface area contributed by atoms with Crippen molar-refractivity contribution in [2.45, 2.75) is 6.42 Å². The summed E-state index contributed by atoms with van der Waals surface area (Å²) in [4.78, 5) is 23.3. The topological polar surface area (TPSA) is 108 Å². The molecule has 0 saturated carbocycles. The van der Waals surface area contributed by atoms with E-state index in [2.05, 4.69) is 4.99 Å². The molecule has 96 valence electrons. The van der Waals surface area contributed by atoms with E-state index in [1.165, 1.54) is 0 Å². The summed E-state index contributed by atoms with van der Waals surface area (Å²) >= 11 is 0. The van der Waals surface area contributed by atoms with Crippen LogP contribution in [0.3, 0.4) is 0 Å². The van der Waals surface area contributed by atoms with Gasteiger partial charge in [-0.05, 0) is 24.3 Å². The second-order valence-electron chi connectivity index (χ2n) is 3.40. The highest BCUT2D eigenvalue weighted by Gasteiger charge is 2.01. The van der Waals surface area contributed by atoms with Crippen LogP contribution in [-0.4, -0.2) is 30.3 Å². The number of amidine groups is 1. The number of carbonyl (C=O) groups excluding carboxylic acids is 1. The molecule has 7 nitrogen and oxygen atoms in total. The first-order valence-corrected chi connectivity index (χ1v) is 5.25. The molecule has 0 aliphatic carbocycles. The van der Waals surface area contributed by atoms with Crippen LogP contribution >= 0.6 is 0 Å². The van der Waals surface area contributed by atoms with Crippen molar-refractivity contribution in [1.82, 2.24) is 0 Å². The molecule has 2 N–H and O–H groups in total. The van der Waals surface area contributed by atoms with Crippen molar-refractivity contribution in [2.24, 2.45) is 10.7 Å². The quantitative estimate of drug-likeness (QED) is 0.190. The average molecular weight is 251 g/mol. The Morgan fingerprint density at radius 3 is 2.67 bits per heavy atom. The minimum Gasteiger partial charge on any atom is -0.493 e. The van der Waals surface area contributed by atoms with Gasteiger partial charge < -0.3 is 10.5 Å². The van der Waals surface area contributed by atoms with Gasteiger partial charge in [0.1, 0.15) is 11.6 Å². The number of ether oxygens (including phenoxy) is 1. The zero-order valence-corrected chi connectivity index (χ0v) is 9.61. The fourth-order valence-corrected chi connectivity index (χ4v) is 1.24. The lowest BCUT2D eigenvalue weighted by Crippen LogP contribution is -2.13. The Hall–Kier alpha value is -2.44. The Morgan fingerprint density at radius 1 is 1.44 bits per heavy atom. The fraction of sp³-hybridized carbons (Fsp3) is 0.273. The van der Waals surface area contributed by atoms with Gasteiger partial charge in [0.25, 0.3) is 0 Å². The zero-order valence-electron chi connectivity index (χ0n) is 9.61. The Labute approximate surface area is 103 Å². The summed E-state index contributed by atoms with van der Waals surface area (Å²) in [6.07, 6.45) is 0.723. The first-order chi connectivity index (χ1) is 8.63. The molecule has 0 heterocycles. The summed E-state index contributed by atoms with van der Waals surface area (Å²) in [6.45, 7) is 0.162. The number of nitrogens with two attached hydrogens (primary N) is 1. The number of amides is 1. The maximum absolute atomic E-state index is 10.1. The van der Waals surface area contributed by atoms with Crippen LogP contribution in [0, 0.1) is 10.1 Å². The molecular weight excluding hydrogens is 238 g/mol. The van der Waals surface area contributed by atoms with Crippen molar-refractivity contribution >= 4 is 12.2 Å². The van der Waals surface area contributed by atoms with Crippen molar-refractivity contribution in [3.63, 3.8) is 0 Å². The standard InChI is InChI=1S/C11H13N3O4/c12-11(13-8-15)9-2-4-10(5-3-9)18-7-1-6-14(16)17/h2-5,8H,1,6-7H2,(H2,12,13,15). The van der Waals surface area contributed by atoms with E-state index in [9.17, 15) is 14.9 Å². The highest BCUT2D eigenvalue weighted by Crippen LogP contribution is 2.12. The predicted octanol–water partition coefficient (Wildman–Crippen LogP) is 0.594. The maximum atomic E-state index is 10.1. The van der Waals surface area contributed by atoms with Crippen LogP contribution < -0.4 is 10.5 Å². The normalized spacial score (nSPS) is 11.0. The third kappa shape index (κ3) is 4.60. The lowest BCUT2D eigenvalue weighted by Gasteiger charge is -2.05. The molecule has 0 fully saturated rings. The molecular formula is C11H13N3O4. The van der Waals surface area contributed by atoms with Gasteiger partial charge >= 0.3 is 0 Å². The number of hydrogen-bond donors (Lipinski definition) is 1. The number of carbonyl (C=O) groups is 1. The van der Waals surface area contributed by atoms with E-state index in [-0.39, 0.29) is 23.9 Å². The number of nitrogens with zero attached hydrogens (tertiary/aromatic N) is 2. The van der Waals surface area contributed by atoms with Crippen LogP contribution in [0.15, 0.2) is 29.3 Å². The summed E-state index contributed by atoms with van der Waals surface area (Å²) in [5.74, 6) is 0.714. The Morgan fingerprint density at radius 2 is 2.11 bits per heavy atom. The lowest BCUT2D eigenvalue weighted by molar-refractivity contribution is -0.480. The smallest absolute Gasteiger partial charge is 0.234 e. The van der Waals surface area contributed by atoms with Gasteiger partial charge in [-0.25, -0.2) is 0 Å². The molecule has 1 amide bonds. The molecule has 1 aromatic carbocycles. The molecule has 0 bridgehead atoms. The van der Waals surface area contributed by atoms with Gasteiger partial charge in [0.2, 0.25) is 13.0 Å². The molecule has 1 rings (SSSR count). The third-order valence-electron chi connectivity index (χ3n) is 2.10. The molecule has 7 heteroatoms. The maximum Gasteiger partial charge on any atom is 0.234 e. The minimum absolute atomic E-state index is 0.114. The summed E-state index contributed by atoms with van der Waals surface area (Å²) in [5, 5.41) is 10.1. The van der Waals surface area contributed by atoms with Crippen LogP contribution in [0.5, 0.6) is 5.75 Å². The minimum atomic E-state index is -0.386. The number of hydrogen-bond acceptors (Lipinski definition) is 4. The van der Waals surface area contributed by atoms with E-state index in [1.807, 2.05) is 0 Å². The molecule has 1 aromatic rings. The Kier molecular flexibility index (Phi) is 5.30. The van der Waals surface area contributed by atoms with E-state index < -0.39 is 0 Å². The molecule has 0 unspecified atom stereocenters. The van der Waals surface area contributed by atoms with Crippen LogP contribution in [0.4, 0.5) is 0 Å². The summed E-state index contributed by atoms with van der Waals surface area (Å²) in [6, 6.07) is 6.64. The van der Waals surface area contributed by atoms with Gasteiger partial charge in [-0.2, -0.15) is 4.99 Å². The highest BCUT2D eigenvalue weighted by molar-refractivity contribution is 6.00. The predicted molar refractivity (Wildman–Crippen MR) is 65.2 cm³/mol. The van der Waals surface area contributed by atoms with E-state index in [0.717, 1.165) is 0 Å². The number of benzene rings is 1. The average Bonchev–Trinajstić information content (AvgIpc) is 2.35. The zero-order chi connectivity index (χ0) is 13.4. The van der Waals surface area contributed by atoms with E-state index in [0.29, 0.717) is 24.1 Å². The molecule has 0 saturated heterocycles. The van der Waals surface area contributed by atoms with Crippen LogP contribution in [0.2, 0.25) is 0 Å². The Balaban J connectivity index is 2.48. The first-order valence-electron chi connectivity index (χ1n) is 5.25. The molecule has 0 radical (unpaired) electrons. The molecule has 0 aliphatic rings. The van der Waals surface area contributed by atoms with Gasteiger partial charge in [0, 0.05) is 16.9 Å². The SMILES string of the molecule is N/C(=N\C=O)c1ccc(OCCC[N+](=O)[O-])cc1.